The second kappa shape index (κ2) is 7.63. The minimum Gasteiger partial charge on any atom is -0.465 e. The average Bonchev–Trinajstić information content (AvgIpc) is 3.52. The van der Waals surface area contributed by atoms with Crippen LogP contribution in [0.1, 0.15) is 50.5 Å². The summed E-state index contributed by atoms with van der Waals surface area (Å²) >= 11 is 0. The van der Waals surface area contributed by atoms with Gasteiger partial charge in [0.2, 0.25) is 5.91 Å². The predicted molar refractivity (Wildman–Crippen MR) is 103 cm³/mol. The van der Waals surface area contributed by atoms with Crippen molar-refractivity contribution in [3.8, 4) is 0 Å². The summed E-state index contributed by atoms with van der Waals surface area (Å²) in [6.07, 6.45) is 5.33. The second-order valence-electron chi connectivity index (χ2n) is 8.45. The van der Waals surface area contributed by atoms with Crippen LogP contribution in [0.5, 0.6) is 0 Å². The predicted octanol–water partition coefficient (Wildman–Crippen LogP) is 2.81. The first-order chi connectivity index (χ1) is 13.1. The zero-order valence-electron chi connectivity index (χ0n) is 16.2. The van der Waals surface area contributed by atoms with Crippen LogP contribution in [-0.2, 0) is 14.3 Å². The van der Waals surface area contributed by atoms with Crippen molar-refractivity contribution in [1.29, 1.82) is 0 Å². The van der Waals surface area contributed by atoms with E-state index in [9.17, 15) is 9.59 Å². The van der Waals surface area contributed by atoms with Gasteiger partial charge in [0, 0.05) is 12.6 Å². The number of amides is 1. The fourth-order valence-electron chi connectivity index (χ4n) is 4.80. The number of hydrogen-bond donors (Lipinski definition) is 0. The number of nitrogens with zero attached hydrogens (tertiary/aromatic N) is 2. The molecule has 1 saturated carbocycles. The van der Waals surface area contributed by atoms with Crippen LogP contribution in [0.25, 0.3) is 0 Å². The molecule has 5 nitrogen and oxygen atoms in total. The number of likely N-dealkylation sites (tertiary alicyclic amines) is 2. The smallest absolute Gasteiger partial charge is 0.320 e. The van der Waals surface area contributed by atoms with Gasteiger partial charge in [-0.2, -0.15) is 0 Å². The Bertz CT molecular complexity index is 678. The maximum absolute atomic E-state index is 13.2. The molecule has 0 bridgehead atoms. The average molecular weight is 370 g/mol. The second-order valence-corrected chi connectivity index (χ2v) is 8.45. The third-order valence-electron chi connectivity index (χ3n) is 6.49. The van der Waals surface area contributed by atoms with Gasteiger partial charge in [-0.3, -0.25) is 14.5 Å². The van der Waals surface area contributed by atoms with Crippen LogP contribution in [0.15, 0.2) is 30.3 Å². The highest BCUT2D eigenvalue weighted by Crippen LogP contribution is 2.48. The number of rotatable bonds is 5. The van der Waals surface area contributed by atoms with E-state index in [4.69, 9.17) is 4.74 Å². The van der Waals surface area contributed by atoms with Gasteiger partial charge in [0.05, 0.1) is 19.1 Å². The van der Waals surface area contributed by atoms with Crippen molar-refractivity contribution in [2.24, 2.45) is 5.41 Å². The van der Waals surface area contributed by atoms with Crippen molar-refractivity contribution in [3.63, 3.8) is 0 Å². The highest BCUT2D eigenvalue weighted by molar-refractivity contribution is 5.85. The third kappa shape index (κ3) is 4.03. The molecule has 3 aliphatic rings. The Morgan fingerprint density at radius 2 is 1.89 bits per heavy atom. The van der Waals surface area contributed by atoms with E-state index < -0.39 is 0 Å². The molecule has 1 aliphatic carbocycles. The molecule has 2 heterocycles. The SMILES string of the molecule is CCOC(=O)CN1CCC2(CC1)C[C@@H](c1ccccc1)C(=O)N(C1CC1)C2. The van der Waals surface area contributed by atoms with Gasteiger partial charge in [-0.1, -0.05) is 30.3 Å². The van der Waals surface area contributed by atoms with Gasteiger partial charge in [0.25, 0.3) is 0 Å². The Labute approximate surface area is 161 Å². The Kier molecular flexibility index (Phi) is 5.22. The van der Waals surface area contributed by atoms with Crippen LogP contribution in [0, 0.1) is 5.41 Å². The van der Waals surface area contributed by atoms with E-state index in [-0.39, 0.29) is 17.3 Å². The van der Waals surface area contributed by atoms with Crippen molar-refractivity contribution in [3.05, 3.63) is 35.9 Å². The summed E-state index contributed by atoms with van der Waals surface area (Å²) in [5.41, 5.74) is 1.34. The maximum atomic E-state index is 13.2. The molecule has 0 N–H and O–H groups in total. The molecule has 4 rings (SSSR count). The summed E-state index contributed by atoms with van der Waals surface area (Å²) in [5, 5.41) is 0. The van der Waals surface area contributed by atoms with Crippen molar-refractivity contribution in [1.82, 2.24) is 9.80 Å². The highest BCUT2D eigenvalue weighted by atomic mass is 16.5. The number of benzene rings is 1. The van der Waals surface area contributed by atoms with Crippen molar-refractivity contribution in [2.45, 2.75) is 51.0 Å². The van der Waals surface area contributed by atoms with Gasteiger partial charge in [-0.05, 0) is 63.1 Å². The van der Waals surface area contributed by atoms with Crippen LogP contribution in [-0.4, -0.2) is 60.5 Å². The molecule has 0 radical (unpaired) electrons. The summed E-state index contributed by atoms with van der Waals surface area (Å²) in [4.78, 5) is 29.4. The van der Waals surface area contributed by atoms with Crippen LogP contribution >= 0.6 is 0 Å². The monoisotopic (exact) mass is 370 g/mol. The quantitative estimate of drug-likeness (QED) is 0.748. The van der Waals surface area contributed by atoms with E-state index in [0.717, 1.165) is 57.3 Å². The fourth-order valence-corrected chi connectivity index (χ4v) is 4.80. The van der Waals surface area contributed by atoms with E-state index in [2.05, 4.69) is 21.9 Å². The molecule has 1 aromatic carbocycles. The lowest BCUT2D eigenvalue weighted by Gasteiger charge is -2.50. The standard InChI is InChI=1S/C22H30N2O3/c1-2-27-20(25)15-23-12-10-22(11-13-23)14-19(17-6-4-3-5-7-17)21(26)24(16-22)18-8-9-18/h3-7,18-19H,2,8-16H2,1H3/t19-/m0/s1. The molecule has 1 spiro atoms. The third-order valence-corrected chi connectivity index (χ3v) is 6.49. The van der Waals surface area contributed by atoms with Crippen molar-refractivity contribution < 1.29 is 14.3 Å². The largest absolute Gasteiger partial charge is 0.465 e. The first-order valence-electron chi connectivity index (χ1n) is 10.3. The Hall–Kier alpha value is -1.88. The van der Waals surface area contributed by atoms with Gasteiger partial charge >= 0.3 is 5.97 Å². The lowest BCUT2D eigenvalue weighted by atomic mass is 9.67. The van der Waals surface area contributed by atoms with Crippen LogP contribution in [0.2, 0.25) is 0 Å². The molecule has 146 valence electrons. The molecule has 1 amide bonds. The Morgan fingerprint density at radius 1 is 1.19 bits per heavy atom. The molecular weight excluding hydrogens is 340 g/mol. The van der Waals surface area contributed by atoms with Gasteiger partial charge in [-0.25, -0.2) is 0 Å². The van der Waals surface area contributed by atoms with Gasteiger partial charge in [-0.15, -0.1) is 0 Å². The normalized spacial score (nSPS) is 25.6. The van der Waals surface area contributed by atoms with Gasteiger partial charge in [0.15, 0.2) is 0 Å². The number of esters is 1. The Balaban J connectivity index is 1.47. The molecule has 3 fully saturated rings. The van der Waals surface area contributed by atoms with Crippen LogP contribution in [0.4, 0.5) is 0 Å². The van der Waals surface area contributed by atoms with E-state index in [1.165, 1.54) is 0 Å². The minimum absolute atomic E-state index is 0.0165. The molecular formula is C22H30N2O3. The molecule has 27 heavy (non-hydrogen) atoms. The fraction of sp³-hybridized carbons (Fsp3) is 0.636. The van der Waals surface area contributed by atoms with E-state index in [0.29, 0.717) is 25.1 Å². The first kappa shape index (κ1) is 18.5. The number of hydrogen-bond acceptors (Lipinski definition) is 4. The number of piperidine rings is 2. The van der Waals surface area contributed by atoms with Gasteiger partial charge < -0.3 is 9.64 Å². The van der Waals surface area contributed by atoms with E-state index >= 15 is 0 Å². The molecule has 1 aromatic rings. The van der Waals surface area contributed by atoms with E-state index in [1.54, 1.807) is 0 Å². The molecule has 0 aromatic heterocycles. The Morgan fingerprint density at radius 3 is 2.52 bits per heavy atom. The molecule has 0 unspecified atom stereocenters. The van der Waals surface area contributed by atoms with Gasteiger partial charge in [0.1, 0.15) is 0 Å². The molecule has 5 heteroatoms. The topological polar surface area (TPSA) is 49.9 Å². The summed E-state index contributed by atoms with van der Waals surface area (Å²) < 4.78 is 5.09. The summed E-state index contributed by atoms with van der Waals surface area (Å²) in [6.45, 7) is 5.39. The van der Waals surface area contributed by atoms with Crippen molar-refractivity contribution in [2.75, 3.05) is 32.8 Å². The van der Waals surface area contributed by atoms with Crippen molar-refractivity contribution >= 4 is 11.9 Å². The maximum Gasteiger partial charge on any atom is 0.320 e. The summed E-state index contributed by atoms with van der Waals surface area (Å²) in [7, 11) is 0. The lowest BCUT2D eigenvalue weighted by molar-refractivity contribution is -0.146. The number of ether oxygens (including phenoxy) is 1. The first-order valence-corrected chi connectivity index (χ1v) is 10.3. The molecule has 1 atom stereocenters. The highest BCUT2D eigenvalue weighted by Gasteiger charge is 2.49. The molecule has 2 saturated heterocycles. The minimum atomic E-state index is -0.131. The summed E-state index contributed by atoms with van der Waals surface area (Å²) in [5.74, 6) is 0.175. The number of carbonyl (C=O) groups excluding carboxylic acids is 2. The summed E-state index contributed by atoms with van der Waals surface area (Å²) in [6, 6.07) is 10.7. The zero-order valence-corrected chi connectivity index (χ0v) is 16.2. The van der Waals surface area contributed by atoms with Crippen LogP contribution < -0.4 is 0 Å². The van der Waals surface area contributed by atoms with E-state index in [1.807, 2.05) is 25.1 Å². The lowest BCUT2D eigenvalue weighted by Crippen LogP contribution is -2.55. The zero-order chi connectivity index (χ0) is 18.9. The number of carbonyl (C=O) groups is 2. The molecule has 2 aliphatic heterocycles. The van der Waals surface area contributed by atoms with Crippen LogP contribution in [0.3, 0.4) is 0 Å².